The van der Waals surface area contributed by atoms with Gasteiger partial charge in [0.2, 0.25) is 0 Å². The van der Waals surface area contributed by atoms with Gasteiger partial charge in [-0.1, -0.05) is 194 Å². The van der Waals surface area contributed by atoms with Crippen LogP contribution in [-0.4, -0.2) is 74.9 Å². The highest BCUT2D eigenvalue weighted by Gasteiger charge is 2.27. The number of hydrogen-bond acceptors (Lipinski definition) is 7. The van der Waals surface area contributed by atoms with Gasteiger partial charge >= 0.3 is 19.8 Å². The van der Waals surface area contributed by atoms with Crippen LogP contribution in [0.15, 0.2) is 0 Å². The first-order valence-corrected chi connectivity index (χ1v) is 24.3. The molecule has 54 heavy (non-hydrogen) atoms. The normalized spacial score (nSPS) is 13.5. The number of carbonyl (C=O) groups is 2. The predicted octanol–water partition coefficient (Wildman–Crippen LogP) is 12.8. The second-order valence-electron chi connectivity index (χ2n) is 16.8. The van der Waals surface area contributed by atoms with Crippen LogP contribution in [0.3, 0.4) is 0 Å². The van der Waals surface area contributed by atoms with Crippen LogP contribution in [-0.2, 0) is 32.7 Å². The van der Waals surface area contributed by atoms with Crippen molar-refractivity contribution in [3.63, 3.8) is 0 Å². The number of rotatable bonds is 42. The molecule has 0 radical (unpaired) electrons. The summed E-state index contributed by atoms with van der Waals surface area (Å²) in [6.45, 7) is 4.46. The van der Waals surface area contributed by atoms with E-state index < -0.39 is 26.5 Å². The highest BCUT2D eigenvalue weighted by molar-refractivity contribution is 7.47. The van der Waals surface area contributed by atoms with E-state index in [1.54, 1.807) is 0 Å². The van der Waals surface area contributed by atoms with Crippen LogP contribution < -0.4 is 0 Å². The highest BCUT2D eigenvalue weighted by Crippen LogP contribution is 2.43. The van der Waals surface area contributed by atoms with Gasteiger partial charge in [-0.15, -0.1) is 0 Å². The molecule has 0 aliphatic heterocycles. The molecule has 2 atom stereocenters. The summed E-state index contributed by atoms with van der Waals surface area (Å²) in [4.78, 5) is 35.4. The van der Waals surface area contributed by atoms with Crippen molar-refractivity contribution >= 4 is 19.8 Å². The Hall–Kier alpha value is -0.990. The monoisotopic (exact) mass is 791 g/mol. The Morgan fingerprint density at radius 2 is 0.833 bits per heavy atom. The van der Waals surface area contributed by atoms with E-state index in [0.29, 0.717) is 17.4 Å². The average molecular weight is 791 g/mol. The van der Waals surface area contributed by atoms with E-state index in [2.05, 4.69) is 13.8 Å². The van der Waals surface area contributed by atoms with Gasteiger partial charge in [0.05, 0.1) is 27.7 Å². The summed E-state index contributed by atoms with van der Waals surface area (Å²) in [5.41, 5.74) is 0. The van der Waals surface area contributed by atoms with E-state index in [1.165, 1.54) is 154 Å². The van der Waals surface area contributed by atoms with Crippen molar-refractivity contribution in [3.8, 4) is 0 Å². The van der Waals surface area contributed by atoms with Gasteiger partial charge in [-0.25, -0.2) is 4.57 Å². The molecule has 0 aliphatic carbocycles. The first-order valence-electron chi connectivity index (χ1n) is 22.8. The number of hydrogen-bond donors (Lipinski definition) is 1. The minimum atomic E-state index is -4.36. The zero-order chi connectivity index (χ0) is 40.0. The highest BCUT2D eigenvalue weighted by atomic mass is 31.2. The summed E-state index contributed by atoms with van der Waals surface area (Å²) in [5.74, 6) is -0.783. The zero-order valence-electron chi connectivity index (χ0n) is 36.2. The maximum Gasteiger partial charge on any atom is 0.472 e. The van der Waals surface area contributed by atoms with Crippen molar-refractivity contribution in [1.29, 1.82) is 0 Å². The number of phosphoric ester groups is 1. The number of likely N-dealkylation sites (N-methyl/N-ethyl adjacent to an activating group) is 1. The van der Waals surface area contributed by atoms with Crippen molar-refractivity contribution in [3.05, 3.63) is 0 Å². The second kappa shape index (κ2) is 37.6. The number of carbonyl (C=O) groups excluding carboxylic acids is 2. The van der Waals surface area contributed by atoms with Crippen molar-refractivity contribution in [2.45, 2.75) is 225 Å². The molecule has 0 rings (SSSR count). The molecule has 1 unspecified atom stereocenters. The molecule has 0 aromatic carbocycles. The van der Waals surface area contributed by atoms with Gasteiger partial charge in [-0.05, 0) is 12.8 Å². The number of nitrogens with zero attached hydrogens (tertiary/aromatic N) is 1. The number of phosphoric acid groups is 1. The predicted molar refractivity (Wildman–Crippen MR) is 225 cm³/mol. The molecule has 0 amide bonds. The van der Waals surface area contributed by atoms with Gasteiger partial charge in [0.1, 0.15) is 19.8 Å². The molecule has 0 saturated heterocycles. The average Bonchev–Trinajstić information content (AvgIpc) is 3.12. The van der Waals surface area contributed by atoms with Gasteiger partial charge in [0.15, 0.2) is 6.10 Å². The van der Waals surface area contributed by atoms with Crippen LogP contribution in [0.25, 0.3) is 0 Å². The third-order valence-corrected chi connectivity index (χ3v) is 11.1. The van der Waals surface area contributed by atoms with Crippen molar-refractivity contribution in [2.24, 2.45) is 0 Å². The van der Waals surface area contributed by atoms with Crippen LogP contribution >= 0.6 is 7.82 Å². The molecule has 322 valence electrons. The summed E-state index contributed by atoms with van der Waals surface area (Å²) in [5, 5.41) is 0. The van der Waals surface area contributed by atoms with Crippen molar-refractivity contribution in [2.75, 3.05) is 47.5 Å². The molecule has 10 heteroatoms. The van der Waals surface area contributed by atoms with Gasteiger partial charge < -0.3 is 18.9 Å². The number of quaternary nitrogens is 1. The number of ether oxygens (including phenoxy) is 2. The molecular weight excluding hydrogens is 701 g/mol. The third kappa shape index (κ3) is 40.7. The first kappa shape index (κ1) is 53.0. The van der Waals surface area contributed by atoms with Crippen LogP contribution in [0.1, 0.15) is 219 Å². The van der Waals surface area contributed by atoms with Crippen molar-refractivity contribution < 1.29 is 42.1 Å². The molecule has 0 heterocycles. The van der Waals surface area contributed by atoms with Gasteiger partial charge in [-0.2, -0.15) is 0 Å². The fourth-order valence-electron chi connectivity index (χ4n) is 6.54. The maximum absolute atomic E-state index is 12.7. The van der Waals surface area contributed by atoms with E-state index in [9.17, 15) is 19.0 Å². The lowest BCUT2D eigenvalue weighted by Gasteiger charge is -2.24. The van der Waals surface area contributed by atoms with Crippen LogP contribution in [0.2, 0.25) is 0 Å². The quantitative estimate of drug-likeness (QED) is 0.0282. The molecular formula is C44H89NO8P+. The molecule has 1 N–H and O–H groups in total. The fourth-order valence-corrected chi connectivity index (χ4v) is 7.29. The molecule has 0 saturated carbocycles. The second-order valence-corrected chi connectivity index (χ2v) is 18.3. The Morgan fingerprint density at radius 1 is 0.500 bits per heavy atom. The Labute approximate surface area is 334 Å². The standard InChI is InChI=1S/C44H88NO8P/c1-6-8-10-12-14-16-18-20-21-22-23-25-27-29-31-33-35-37-44(47)53-42(41-52-54(48,49)51-39-38-45(3,4)5)40-50-43(46)36-34-32-30-28-26-24-19-17-15-13-11-9-7-2/h42H,6-41H2,1-5H3/p+1/t42-/m1/s1. The van der Waals surface area contributed by atoms with Gasteiger partial charge in [0, 0.05) is 12.8 Å². The summed E-state index contributed by atoms with van der Waals surface area (Å²) in [7, 11) is 1.49. The Bertz CT molecular complexity index is 896. The van der Waals surface area contributed by atoms with Gasteiger partial charge in [0.25, 0.3) is 0 Å². The Kier molecular flexibility index (Phi) is 36.9. The van der Waals surface area contributed by atoms with Gasteiger partial charge in [-0.3, -0.25) is 18.6 Å². The van der Waals surface area contributed by atoms with E-state index in [1.807, 2.05) is 21.1 Å². The van der Waals surface area contributed by atoms with Crippen LogP contribution in [0, 0.1) is 0 Å². The SMILES string of the molecule is CCCCCCCCCCCCCCCCCCCC(=O)O[C@H](COC(=O)CCCCCCCCCCCCCCC)COP(=O)(O)OCC[N+](C)(C)C. The zero-order valence-corrected chi connectivity index (χ0v) is 37.1. The topological polar surface area (TPSA) is 108 Å². The molecule has 0 aliphatic rings. The smallest absolute Gasteiger partial charge is 0.462 e. The summed E-state index contributed by atoms with van der Waals surface area (Å²) in [6.07, 6.45) is 37.1. The van der Waals surface area contributed by atoms with Crippen LogP contribution in [0.4, 0.5) is 0 Å². The first-order chi connectivity index (χ1) is 26.0. The molecule has 0 fully saturated rings. The summed E-state index contributed by atoms with van der Waals surface area (Å²) < 4.78 is 34.3. The minimum Gasteiger partial charge on any atom is -0.462 e. The van der Waals surface area contributed by atoms with E-state index >= 15 is 0 Å². The van der Waals surface area contributed by atoms with E-state index in [0.717, 1.165) is 38.5 Å². The lowest BCUT2D eigenvalue weighted by molar-refractivity contribution is -0.870. The van der Waals surface area contributed by atoms with E-state index in [4.69, 9.17) is 18.5 Å². The number of unbranched alkanes of at least 4 members (excludes halogenated alkanes) is 28. The Morgan fingerprint density at radius 3 is 1.19 bits per heavy atom. The molecule has 0 spiro atoms. The molecule has 9 nitrogen and oxygen atoms in total. The largest absolute Gasteiger partial charge is 0.472 e. The minimum absolute atomic E-state index is 0.0369. The third-order valence-electron chi connectivity index (χ3n) is 10.1. The van der Waals surface area contributed by atoms with E-state index in [-0.39, 0.29) is 25.6 Å². The summed E-state index contributed by atoms with van der Waals surface area (Å²) in [6, 6.07) is 0. The fraction of sp³-hybridized carbons (Fsp3) is 0.955. The molecule has 0 aromatic rings. The lowest BCUT2D eigenvalue weighted by atomic mass is 10.0. The Balaban J connectivity index is 4.29. The molecule has 0 bridgehead atoms. The number of esters is 2. The lowest BCUT2D eigenvalue weighted by Crippen LogP contribution is -2.37. The maximum atomic E-state index is 12.7. The van der Waals surface area contributed by atoms with Crippen LogP contribution in [0.5, 0.6) is 0 Å². The summed E-state index contributed by atoms with van der Waals surface area (Å²) >= 11 is 0. The van der Waals surface area contributed by atoms with Crippen molar-refractivity contribution in [1.82, 2.24) is 0 Å². The molecule has 0 aromatic heterocycles.